The van der Waals surface area contributed by atoms with Crippen LogP contribution in [0.5, 0.6) is 0 Å². The molecule has 150 valence electrons. The molecule has 0 aliphatic heterocycles. The zero-order chi connectivity index (χ0) is 21.0. The third kappa shape index (κ3) is 5.03. The fourth-order valence-electron chi connectivity index (χ4n) is 2.48. The number of halogens is 2. The fourth-order valence-corrected chi connectivity index (χ4v) is 3.21. The second-order valence-electron chi connectivity index (χ2n) is 6.25. The Kier molecular flexibility index (Phi) is 6.33. The van der Waals surface area contributed by atoms with E-state index >= 15 is 0 Å². The summed E-state index contributed by atoms with van der Waals surface area (Å²) in [5.41, 5.74) is 2.23. The zero-order valence-corrected chi connectivity index (χ0v) is 16.6. The summed E-state index contributed by atoms with van der Waals surface area (Å²) in [6.45, 7) is 3.47. The molecule has 0 aliphatic carbocycles. The van der Waals surface area contributed by atoms with Crippen molar-refractivity contribution in [2.75, 3.05) is 5.32 Å². The zero-order valence-electron chi connectivity index (χ0n) is 15.7. The van der Waals surface area contributed by atoms with Crippen molar-refractivity contribution in [1.29, 1.82) is 0 Å². The highest BCUT2D eigenvalue weighted by Crippen LogP contribution is 2.26. The van der Waals surface area contributed by atoms with Gasteiger partial charge in [0.1, 0.15) is 0 Å². The van der Waals surface area contributed by atoms with Crippen LogP contribution in [-0.2, 0) is 16.0 Å². The summed E-state index contributed by atoms with van der Waals surface area (Å²) in [5.74, 6) is -3.07. The van der Waals surface area contributed by atoms with E-state index < -0.39 is 29.6 Å². The number of aromatic nitrogens is 1. The van der Waals surface area contributed by atoms with Crippen LogP contribution in [0.4, 0.5) is 13.9 Å². The lowest BCUT2D eigenvalue weighted by Crippen LogP contribution is -2.30. The molecule has 8 heteroatoms. The number of hydrogen-bond donors (Lipinski definition) is 1. The summed E-state index contributed by atoms with van der Waals surface area (Å²) in [6, 6.07) is 10.4. The minimum atomic E-state index is -1.04. The number of aryl methyl sites for hydroxylation is 1. The van der Waals surface area contributed by atoms with Crippen molar-refractivity contribution in [1.82, 2.24) is 4.98 Å². The molecule has 0 bridgehead atoms. The Bertz CT molecular complexity index is 1030. The standard InChI is InChI=1S/C21H18F2N2O3S/c1-3-13-4-6-14(7-5-13)20(27)28-12(2)19(26)25-21-24-18(11-29-21)15-8-9-16(22)17(23)10-15/h4-12H,3H2,1-2H3,(H,24,25,26)/t12-/m1/s1. The summed E-state index contributed by atoms with van der Waals surface area (Å²) in [7, 11) is 0. The van der Waals surface area contributed by atoms with Crippen LogP contribution in [0.1, 0.15) is 29.8 Å². The Morgan fingerprint density at radius 3 is 2.52 bits per heavy atom. The fraction of sp³-hybridized carbons (Fsp3) is 0.190. The van der Waals surface area contributed by atoms with Crippen molar-refractivity contribution in [3.05, 3.63) is 70.6 Å². The van der Waals surface area contributed by atoms with E-state index in [1.54, 1.807) is 17.5 Å². The normalized spacial score (nSPS) is 11.7. The number of ether oxygens (including phenoxy) is 1. The topological polar surface area (TPSA) is 68.3 Å². The highest BCUT2D eigenvalue weighted by Gasteiger charge is 2.20. The molecule has 0 aliphatic rings. The molecule has 0 fully saturated rings. The van der Waals surface area contributed by atoms with Gasteiger partial charge in [-0.05, 0) is 49.2 Å². The van der Waals surface area contributed by atoms with Crippen molar-refractivity contribution < 1.29 is 23.1 Å². The van der Waals surface area contributed by atoms with Crippen LogP contribution >= 0.6 is 11.3 Å². The van der Waals surface area contributed by atoms with Gasteiger partial charge in [0.2, 0.25) is 0 Å². The monoisotopic (exact) mass is 416 g/mol. The van der Waals surface area contributed by atoms with E-state index in [0.717, 1.165) is 35.5 Å². The molecule has 1 N–H and O–H groups in total. The molecule has 5 nitrogen and oxygen atoms in total. The molecule has 0 spiro atoms. The summed E-state index contributed by atoms with van der Waals surface area (Å²) < 4.78 is 31.6. The first-order valence-corrected chi connectivity index (χ1v) is 9.77. The maximum Gasteiger partial charge on any atom is 0.338 e. The molecule has 29 heavy (non-hydrogen) atoms. The van der Waals surface area contributed by atoms with Gasteiger partial charge in [-0.15, -0.1) is 11.3 Å². The molecule has 3 rings (SSSR count). The maximum absolute atomic E-state index is 13.4. The van der Waals surface area contributed by atoms with Crippen LogP contribution in [-0.4, -0.2) is 23.0 Å². The molecule has 1 atom stereocenters. The number of thiazole rings is 1. The molecular weight excluding hydrogens is 398 g/mol. The Hall–Kier alpha value is -3.13. The SMILES string of the molecule is CCc1ccc(C(=O)O[C@H](C)C(=O)Nc2nc(-c3ccc(F)c(F)c3)cs2)cc1. The van der Waals surface area contributed by atoms with Crippen LogP contribution in [0.3, 0.4) is 0 Å². The quantitative estimate of drug-likeness (QED) is 0.584. The Morgan fingerprint density at radius 1 is 1.14 bits per heavy atom. The maximum atomic E-state index is 13.4. The van der Waals surface area contributed by atoms with Crippen molar-refractivity contribution in [2.24, 2.45) is 0 Å². The van der Waals surface area contributed by atoms with E-state index in [1.165, 1.54) is 13.0 Å². The predicted octanol–water partition coefficient (Wildman–Crippen LogP) is 4.83. The molecule has 0 unspecified atom stereocenters. The molecule has 1 amide bonds. The summed E-state index contributed by atoms with van der Waals surface area (Å²) >= 11 is 1.12. The third-order valence-electron chi connectivity index (χ3n) is 4.20. The third-order valence-corrected chi connectivity index (χ3v) is 4.96. The first-order valence-electron chi connectivity index (χ1n) is 8.89. The minimum Gasteiger partial charge on any atom is -0.449 e. The summed E-state index contributed by atoms with van der Waals surface area (Å²) in [6.07, 6.45) is -0.182. The van der Waals surface area contributed by atoms with Crippen LogP contribution in [0.2, 0.25) is 0 Å². The van der Waals surface area contributed by atoms with E-state index in [-0.39, 0.29) is 5.13 Å². The van der Waals surface area contributed by atoms with Gasteiger partial charge in [0.25, 0.3) is 5.91 Å². The Morgan fingerprint density at radius 2 is 1.86 bits per heavy atom. The first kappa shape index (κ1) is 20.6. The van der Waals surface area contributed by atoms with Crippen LogP contribution in [0.15, 0.2) is 47.8 Å². The van der Waals surface area contributed by atoms with E-state index in [1.807, 2.05) is 19.1 Å². The number of carbonyl (C=O) groups excluding carboxylic acids is 2. The molecular formula is C21H18F2N2O3S. The Labute approximate surface area is 170 Å². The van der Waals surface area contributed by atoms with Gasteiger partial charge in [-0.25, -0.2) is 18.6 Å². The largest absolute Gasteiger partial charge is 0.449 e. The molecule has 1 aromatic heterocycles. The number of nitrogens with one attached hydrogen (secondary N) is 1. The van der Waals surface area contributed by atoms with Gasteiger partial charge >= 0.3 is 5.97 Å². The number of hydrogen-bond acceptors (Lipinski definition) is 5. The number of amides is 1. The van der Waals surface area contributed by atoms with Gasteiger partial charge in [-0.3, -0.25) is 10.1 Å². The van der Waals surface area contributed by atoms with Crippen molar-refractivity contribution in [3.8, 4) is 11.3 Å². The number of benzene rings is 2. The second-order valence-corrected chi connectivity index (χ2v) is 7.11. The summed E-state index contributed by atoms with van der Waals surface area (Å²) in [5, 5.41) is 4.42. The van der Waals surface area contributed by atoms with Crippen molar-refractivity contribution >= 4 is 28.3 Å². The van der Waals surface area contributed by atoms with Crippen LogP contribution in [0, 0.1) is 11.6 Å². The van der Waals surface area contributed by atoms with Crippen molar-refractivity contribution in [3.63, 3.8) is 0 Å². The van der Waals surface area contributed by atoms with Gasteiger partial charge < -0.3 is 4.74 Å². The van der Waals surface area contributed by atoms with Gasteiger partial charge in [0.05, 0.1) is 11.3 Å². The van der Waals surface area contributed by atoms with Crippen molar-refractivity contribution in [2.45, 2.75) is 26.4 Å². The molecule has 1 heterocycles. The van der Waals surface area contributed by atoms with Gasteiger partial charge in [-0.2, -0.15) is 0 Å². The predicted molar refractivity (Wildman–Crippen MR) is 107 cm³/mol. The Balaban J connectivity index is 1.61. The lowest BCUT2D eigenvalue weighted by Gasteiger charge is -2.12. The second kappa shape index (κ2) is 8.91. The highest BCUT2D eigenvalue weighted by molar-refractivity contribution is 7.14. The van der Waals surface area contributed by atoms with E-state index in [4.69, 9.17) is 4.74 Å². The minimum absolute atomic E-state index is 0.255. The average Bonchev–Trinajstić information content (AvgIpc) is 3.18. The number of anilines is 1. The molecule has 2 aromatic carbocycles. The van der Waals surface area contributed by atoms with Crippen LogP contribution in [0.25, 0.3) is 11.3 Å². The van der Waals surface area contributed by atoms with Gasteiger partial charge in [0, 0.05) is 10.9 Å². The number of nitrogens with zero attached hydrogens (tertiary/aromatic N) is 1. The average molecular weight is 416 g/mol. The van der Waals surface area contributed by atoms with Gasteiger partial charge in [-0.1, -0.05) is 19.1 Å². The van der Waals surface area contributed by atoms with Crippen LogP contribution < -0.4 is 5.32 Å². The smallest absolute Gasteiger partial charge is 0.338 e. The number of carbonyl (C=O) groups is 2. The molecule has 0 saturated carbocycles. The summed E-state index contributed by atoms with van der Waals surface area (Å²) in [4.78, 5) is 28.7. The van der Waals surface area contributed by atoms with E-state index in [2.05, 4.69) is 10.3 Å². The van der Waals surface area contributed by atoms with E-state index in [9.17, 15) is 18.4 Å². The highest BCUT2D eigenvalue weighted by atomic mass is 32.1. The molecule has 0 radical (unpaired) electrons. The number of rotatable bonds is 6. The number of esters is 1. The molecule has 3 aromatic rings. The van der Waals surface area contributed by atoms with E-state index in [0.29, 0.717) is 16.8 Å². The first-order chi connectivity index (χ1) is 13.9. The lowest BCUT2D eigenvalue weighted by atomic mass is 10.1. The molecule has 0 saturated heterocycles. The lowest BCUT2D eigenvalue weighted by molar-refractivity contribution is -0.123. The van der Waals surface area contributed by atoms with Gasteiger partial charge in [0.15, 0.2) is 22.9 Å².